The van der Waals surface area contributed by atoms with Crippen molar-refractivity contribution in [3.05, 3.63) is 49.3 Å². The Balaban J connectivity index is 2.13. The maximum Gasteiger partial charge on any atom is 0.166 e. The number of hydrogen-bond acceptors (Lipinski definition) is 4. The molecule has 0 unspecified atom stereocenters. The van der Waals surface area contributed by atoms with Gasteiger partial charge >= 0.3 is 0 Å². The molecule has 0 atom stereocenters. The second kappa shape index (κ2) is 3.36. The van der Waals surface area contributed by atoms with Gasteiger partial charge in [-0.2, -0.15) is 5.10 Å². The first-order valence-corrected chi connectivity index (χ1v) is 5.50. The molecule has 0 fully saturated rings. The normalized spacial score (nSPS) is 11.3. The fraction of sp³-hybridized carbons (Fsp3) is 0. The molecule has 0 aliphatic rings. The minimum absolute atomic E-state index is 0.784. The van der Waals surface area contributed by atoms with Gasteiger partial charge in [-0.3, -0.25) is 4.40 Å². The van der Waals surface area contributed by atoms with Gasteiger partial charge in [0.25, 0.3) is 0 Å². The van der Waals surface area contributed by atoms with Crippen molar-refractivity contribution in [2.24, 2.45) is 0 Å². The summed E-state index contributed by atoms with van der Waals surface area (Å²) in [6, 6.07) is 5.77. The Morgan fingerprint density at radius 1 is 0.944 bits per heavy atom. The second-order valence-corrected chi connectivity index (χ2v) is 3.87. The summed E-state index contributed by atoms with van der Waals surface area (Å²) in [4.78, 5) is 12.9. The molecule has 0 aromatic carbocycles. The standard InChI is InChI=1S/C12H8N6/c1-2-9(12-15-8-16-18(12)6-1)11-14-4-3-10-13-5-7-17(10)11/h1-8H. The van der Waals surface area contributed by atoms with Gasteiger partial charge in [-0.15, -0.1) is 0 Å². The molecule has 86 valence electrons. The molecule has 0 saturated heterocycles. The molecule has 4 aromatic heterocycles. The summed E-state index contributed by atoms with van der Waals surface area (Å²) >= 11 is 0. The molecular formula is C12H8N6. The third-order valence-corrected chi connectivity index (χ3v) is 2.86. The zero-order chi connectivity index (χ0) is 11.9. The summed E-state index contributed by atoms with van der Waals surface area (Å²) in [7, 11) is 0. The van der Waals surface area contributed by atoms with Crippen molar-refractivity contribution in [2.75, 3.05) is 0 Å². The third kappa shape index (κ3) is 1.17. The fourth-order valence-electron chi connectivity index (χ4n) is 2.08. The maximum atomic E-state index is 4.42. The first kappa shape index (κ1) is 9.29. The maximum absolute atomic E-state index is 4.42. The summed E-state index contributed by atoms with van der Waals surface area (Å²) in [5.74, 6) is 0.809. The molecule has 0 N–H and O–H groups in total. The molecule has 0 saturated carbocycles. The fourth-order valence-corrected chi connectivity index (χ4v) is 2.08. The molecule has 0 aliphatic carbocycles. The van der Waals surface area contributed by atoms with Gasteiger partial charge in [0.2, 0.25) is 0 Å². The summed E-state index contributed by atoms with van der Waals surface area (Å²) in [6.07, 6.45) is 8.78. The molecule has 6 heteroatoms. The van der Waals surface area contributed by atoms with Crippen LogP contribution in [0.2, 0.25) is 0 Å². The van der Waals surface area contributed by atoms with Gasteiger partial charge in [-0.25, -0.2) is 19.5 Å². The van der Waals surface area contributed by atoms with Crippen molar-refractivity contribution in [1.82, 2.24) is 29.0 Å². The highest BCUT2D eigenvalue weighted by atomic mass is 15.3. The Bertz CT molecular complexity index is 772. The van der Waals surface area contributed by atoms with Crippen molar-refractivity contribution in [3.8, 4) is 11.4 Å². The topological polar surface area (TPSA) is 60.4 Å². The van der Waals surface area contributed by atoms with Crippen LogP contribution in [0.15, 0.2) is 49.3 Å². The quantitative estimate of drug-likeness (QED) is 0.501. The van der Waals surface area contributed by atoms with Crippen molar-refractivity contribution in [3.63, 3.8) is 0 Å². The lowest BCUT2D eigenvalue weighted by Crippen LogP contribution is -1.97. The molecule has 18 heavy (non-hydrogen) atoms. The van der Waals surface area contributed by atoms with E-state index in [0.29, 0.717) is 0 Å². The number of nitrogens with zero attached hydrogens (tertiary/aromatic N) is 6. The lowest BCUT2D eigenvalue weighted by Gasteiger charge is -2.04. The minimum Gasteiger partial charge on any atom is -0.284 e. The molecule has 0 radical (unpaired) electrons. The number of hydrogen-bond donors (Lipinski definition) is 0. The monoisotopic (exact) mass is 236 g/mol. The first-order valence-electron chi connectivity index (χ1n) is 5.50. The number of fused-ring (bicyclic) bond motifs is 2. The average Bonchev–Trinajstić information content (AvgIpc) is 3.06. The second-order valence-electron chi connectivity index (χ2n) is 3.87. The van der Waals surface area contributed by atoms with Crippen LogP contribution >= 0.6 is 0 Å². The molecule has 4 aromatic rings. The van der Waals surface area contributed by atoms with Crippen LogP contribution in [-0.4, -0.2) is 29.0 Å². The van der Waals surface area contributed by atoms with Gasteiger partial charge in [0, 0.05) is 24.8 Å². The highest BCUT2D eigenvalue weighted by Gasteiger charge is 2.10. The number of pyridine rings is 1. The number of imidazole rings is 1. The average molecular weight is 236 g/mol. The van der Waals surface area contributed by atoms with Crippen LogP contribution in [0.5, 0.6) is 0 Å². The molecule has 0 aliphatic heterocycles. The lowest BCUT2D eigenvalue weighted by atomic mass is 10.2. The van der Waals surface area contributed by atoms with E-state index < -0.39 is 0 Å². The van der Waals surface area contributed by atoms with Gasteiger partial charge < -0.3 is 0 Å². The summed E-state index contributed by atoms with van der Waals surface area (Å²) in [5, 5.41) is 4.13. The van der Waals surface area contributed by atoms with Gasteiger partial charge in [0.05, 0.1) is 5.56 Å². The van der Waals surface area contributed by atoms with Crippen LogP contribution in [0.25, 0.3) is 22.7 Å². The van der Waals surface area contributed by atoms with E-state index in [9.17, 15) is 0 Å². The van der Waals surface area contributed by atoms with E-state index in [1.54, 1.807) is 16.9 Å². The molecule has 4 heterocycles. The zero-order valence-corrected chi connectivity index (χ0v) is 9.30. The van der Waals surface area contributed by atoms with E-state index in [2.05, 4.69) is 20.1 Å². The van der Waals surface area contributed by atoms with Crippen molar-refractivity contribution >= 4 is 11.3 Å². The summed E-state index contributed by atoms with van der Waals surface area (Å²) in [6.45, 7) is 0. The van der Waals surface area contributed by atoms with E-state index >= 15 is 0 Å². The predicted octanol–water partition coefficient (Wildman–Crippen LogP) is 1.44. The van der Waals surface area contributed by atoms with Gasteiger partial charge in [0.15, 0.2) is 5.65 Å². The SMILES string of the molecule is c1cc(-c2nccc3nccn23)c2ncnn2c1. The van der Waals surface area contributed by atoms with E-state index in [1.165, 1.54) is 6.33 Å². The minimum atomic E-state index is 0.784. The Labute approximate surface area is 102 Å². The van der Waals surface area contributed by atoms with E-state index in [4.69, 9.17) is 0 Å². The number of aromatic nitrogens is 6. The van der Waals surface area contributed by atoms with Crippen molar-refractivity contribution in [2.45, 2.75) is 0 Å². The van der Waals surface area contributed by atoms with Crippen LogP contribution in [0.3, 0.4) is 0 Å². The van der Waals surface area contributed by atoms with E-state index in [0.717, 1.165) is 22.7 Å². The molecule has 0 amide bonds. The van der Waals surface area contributed by atoms with E-state index in [1.807, 2.05) is 35.0 Å². The Hall–Kier alpha value is -2.76. The van der Waals surface area contributed by atoms with E-state index in [-0.39, 0.29) is 0 Å². The molecule has 0 spiro atoms. The summed E-state index contributed by atoms with van der Waals surface area (Å²) in [5.41, 5.74) is 2.58. The van der Waals surface area contributed by atoms with Gasteiger partial charge in [-0.1, -0.05) is 0 Å². The highest BCUT2D eigenvalue weighted by molar-refractivity contribution is 5.73. The molecule has 6 nitrogen and oxygen atoms in total. The predicted molar refractivity (Wildman–Crippen MR) is 65.0 cm³/mol. The molecular weight excluding hydrogens is 228 g/mol. The first-order chi connectivity index (χ1) is 8.93. The van der Waals surface area contributed by atoms with Crippen LogP contribution in [0.1, 0.15) is 0 Å². The molecule has 4 rings (SSSR count). The molecule has 0 bridgehead atoms. The van der Waals surface area contributed by atoms with Gasteiger partial charge in [-0.05, 0) is 18.2 Å². The van der Waals surface area contributed by atoms with Crippen molar-refractivity contribution in [1.29, 1.82) is 0 Å². The Morgan fingerprint density at radius 3 is 2.94 bits per heavy atom. The Morgan fingerprint density at radius 2 is 1.94 bits per heavy atom. The van der Waals surface area contributed by atoms with Crippen LogP contribution in [0, 0.1) is 0 Å². The summed E-state index contributed by atoms with van der Waals surface area (Å²) < 4.78 is 3.66. The highest BCUT2D eigenvalue weighted by Crippen LogP contribution is 2.21. The lowest BCUT2D eigenvalue weighted by molar-refractivity contribution is 0.959. The third-order valence-electron chi connectivity index (χ3n) is 2.86. The van der Waals surface area contributed by atoms with Crippen LogP contribution in [-0.2, 0) is 0 Å². The van der Waals surface area contributed by atoms with Gasteiger partial charge in [0.1, 0.15) is 17.8 Å². The zero-order valence-electron chi connectivity index (χ0n) is 9.30. The van der Waals surface area contributed by atoms with Crippen molar-refractivity contribution < 1.29 is 0 Å². The number of rotatable bonds is 1. The Kier molecular flexibility index (Phi) is 1.74. The van der Waals surface area contributed by atoms with Crippen LogP contribution in [0.4, 0.5) is 0 Å². The van der Waals surface area contributed by atoms with Crippen LogP contribution < -0.4 is 0 Å². The smallest absolute Gasteiger partial charge is 0.166 e. The largest absolute Gasteiger partial charge is 0.284 e.